The van der Waals surface area contributed by atoms with Gasteiger partial charge >= 0.3 is 5.97 Å². The van der Waals surface area contributed by atoms with Crippen LogP contribution in [0.3, 0.4) is 0 Å². The number of carbonyl (C=O) groups is 1. The van der Waals surface area contributed by atoms with Crippen LogP contribution in [0, 0.1) is 18.8 Å². The third-order valence-corrected chi connectivity index (χ3v) is 3.30. The van der Waals surface area contributed by atoms with E-state index in [0.29, 0.717) is 0 Å². The molecule has 0 saturated heterocycles. The highest BCUT2D eigenvalue weighted by Crippen LogP contribution is 2.29. The smallest absolute Gasteiger partial charge is 0.310 e. The Morgan fingerprint density at radius 3 is 2.17 bits per heavy atom. The standard InChI is InChI=1S/C15H23NO2/c1-10(2)13(15(17)18-5)14(16-4)12-8-6-11(3)7-9-12/h6-10,13-14,16H,1-5H3. The molecule has 1 N–H and O–H groups in total. The molecule has 2 unspecified atom stereocenters. The maximum Gasteiger partial charge on any atom is 0.310 e. The molecule has 1 rings (SSSR count). The van der Waals surface area contributed by atoms with Crippen molar-refractivity contribution in [3.63, 3.8) is 0 Å². The number of methoxy groups -OCH3 is 1. The van der Waals surface area contributed by atoms with E-state index in [1.807, 2.05) is 20.9 Å². The number of rotatable bonds is 5. The predicted octanol–water partition coefficient (Wildman–Crippen LogP) is 2.70. The lowest BCUT2D eigenvalue weighted by Gasteiger charge is -2.28. The number of hydrogen-bond acceptors (Lipinski definition) is 3. The molecule has 18 heavy (non-hydrogen) atoms. The second-order valence-corrected chi connectivity index (χ2v) is 4.97. The van der Waals surface area contributed by atoms with Gasteiger partial charge in [0.1, 0.15) is 0 Å². The van der Waals surface area contributed by atoms with Gasteiger partial charge in [-0.05, 0) is 25.5 Å². The van der Waals surface area contributed by atoms with Crippen LogP contribution in [0.1, 0.15) is 31.0 Å². The van der Waals surface area contributed by atoms with E-state index in [1.54, 1.807) is 0 Å². The summed E-state index contributed by atoms with van der Waals surface area (Å²) in [4.78, 5) is 11.9. The van der Waals surface area contributed by atoms with Crippen LogP contribution in [-0.4, -0.2) is 20.1 Å². The number of nitrogens with one attached hydrogen (secondary N) is 1. The first-order valence-electron chi connectivity index (χ1n) is 6.33. The minimum atomic E-state index is -0.178. The van der Waals surface area contributed by atoms with Gasteiger partial charge in [0.05, 0.1) is 13.0 Å². The van der Waals surface area contributed by atoms with Crippen molar-refractivity contribution in [2.75, 3.05) is 14.2 Å². The van der Waals surface area contributed by atoms with E-state index in [2.05, 4.69) is 36.5 Å². The third-order valence-electron chi connectivity index (χ3n) is 3.30. The van der Waals surface area contributed by atoms with E-state index in [4.69, 9.17) is 4.74 Å². The number of carbonyl (C=O) groups excluding carboxylic acids is 1. The van der Waals surface area contributed by atoms with Gasteiger partial charge in [-0.25, -0.2) is 0 Å². The molecular formula is C15H23NO2. The number of aryl methyl sites for hydroxylation is 1. The van der Waals surface area contributed by atoms with E-state index >= 15 is 0 Å². The Balaban J connectivity index is 3.05. The summed E-state index contributed by atoms with van der Waals surface area (Å²) < 4.78 is 4.92. The number of esters is 1. The van der Waals surface area contributed by atoms with Gasteiger partial charge in [-0.1, -0.05) is 43.7 Å². The van der Waals surface area contributed by atoms with Gasteiger partial charge in [0.25, 0.3) is 0 Å². The summed E-state index contributed by atoms with van der Waals surface area (Å²) >= 11 is 0. The number of ether oxygens (including phenoxy) is 1. The molecular weight excluding hydrogens is 226 g/mol. The van der Waals surface area contributed by atoms with Crippen LogP contribution < -0.4 is 5.32 Å². The molecule has 0 aliphatic heterocycles. The van der Waals surface area contributed by atoms with Crippen molar-refractivity contribution in [3.05, 3.63) is 35.4 Å². The zero-order valence-corrected chi connectivity index (χ0v) is 11.9. The summed E-state index contributed by atoms with van der Waals surface area (Å²) in [5.41, 5.74) is 2.33. The SMILES string of the molecule is CNC(c1ccc(C)cc1)C(C(=O)OC)C(C)C. The lowest BCUT2D eigenvalue weighted by atomic mass is 9.84. The quantitative estimate of drug-likeness (QED) is 0.815. The summed E-state index contributed by atoms with van der Waals surface area (Å²) in [5.74, 6) is -0.121. The maximum absolute atomic E-state index is 11.9. The van der Waals surface area contributed by atoms with Crippen LogP contribution in [0.2, 0.25) is 0 Å². The molecule has 0 bridgehead atoms. The lowest BCUT2D eigenvalue weighted by Crippen LogP contribution is -2.35. The van der Waals surface area contributed by atoms with Gasteiger partial charge in [0.2, 0.25) is 0 Å². The zero-order chi connectivity index (χ0) is 13.7. The Bertz CT molecular complexity index is 384. The van der Waals surface area contributed by atoms with Gasteiger partial charge in [-0.2, -0.15) is 0 Å². The molecule has 0 saturated carbocycles. The van der Waals surface area contributed by atoms with Crippen LogP contribution in [0.5, 0.6) is 0 Å². The van der Waals surface area contributed by atoms with Crippen molar-refractivity contribution in [1.29, 1.82) is 0 Å². The normalized spacial score (nSPS) is 14.3. The van der Waals surface area contributed by atoms with Crippen molar-refractivity contribution in [3.8, 4) is 0 Å². The molecule has 1 aromatic rings. The van der Waals surface area contributed by atoms with Gasteiger partial charge in [-0.3, -0.25) is 4.79 Å². The number of hydrogen-bond donors (Lipinski definition) is 1. The van der Waals surface area contributed by atoms with E-state index < -0.39 is 0 Å². The van der Waals surface area contributed by atoms with Crippen LogP contribution in [-0.2, 0) is 9.53 Å². The van der Waals surface area contributed by atoms with Crippen molar-refractivity contribution >= 4 is 5.97 Å². The van der Waals surface area contributed by atoms with Crippen LogP contribution in [0.25, 0.3) is 0 Å². The molecule has 0 fully saturated rings. The van der Waals surface area contributed by atoms with E-state index in [1.165, 1.54) is 12.7 Å². The van der Waals surface area contributed by atoms with Crippen molar-refractivity contribution in [2.24, 2.45) is 11.8 Å². The van der Waals surface area contributed by atoms with E-state index in [-0.39, 0.29) is 23.8 Å². The van der Waals surface area contributed by atoms with E-state index in [9.17, 15) is 4.79 Å². The summed E-state index contributed by atoms with van der Waals surface area (Å²) in [6.45, 7) is 6.14. The molecule has 0 aromatic heterocycles. The summed E-state index contributed by atoms with van der Waals surface area (Å²) in [7, 11) is 3.32. The van der Waals surface area contributed by atoms with E-state index in [0.717, 1.165) is 5.56 Å². The molecule has 0 heterocycles. The van der Waals surface area contributed by atoms with Gasteiger partial charge in [0, 0.05) is 6.04 Å². The summed E-state index contributed by atoms with van der Waals surface area (Å²) in [6.07, 6.45) is 0. The fraction of sp³-hybridized carbons (Fsp3) is 0.533. The van der Waals surface area contributed by atoms with Gasteiger partial charge < -0.3 is 10.1 Å². The maximum atomic E-state index is 11.9. The first-order valence-corrected chi connectivity index (χ1v) is 6.33. The molecule has 0 amide bonds. The Kier molecular flexibility index (Phi) is 5.35. The second-order valence-electron chi connectivity index (χ2n) is 4.97. The highest BCUT2D eigenvalue weighted by molar-refractivity contribution is 5.73. The highest BCUT2D eigenvalue weighted by Gasteiger charge is 2.32. The molecule has 3 heteroatoms. The minimum absolute atomic E-state index is 0.0157. The molecule has 1 aromatic carbocycles. The topological polar surface area (TPSA) is 38.3 Å². The molecule has 0 spiro atoms. The molecule has 3 nitrogen and oxygen atoms in total. The lowest BCUT2D eigenvalue weighted by molar-refractivity contribution is -0.148. The van der Waals surface area contributed by atoms with Gasteiger partial charge in [-0.15, -0.1) is 0 Å². The zero-order valence-electron chi connectivity index (χ0n) is 11.9. The highest BCUT2D eigenvalue weighted by atomic mass is 16.5. The molecule has 0 aliphatic rings. The molecule has 100 valence electrons. The fourth-order valence-corrected chi connectivity index (χ4v) is 2.26. The van der Waals surface area contributed by atoms with Crippen molar-refractivity contribution in [2.45, 2.75) is 26.8 Å². The third kappa shape index (κ3) is 3.33. The second kappa shape index (κ2) is 6.55. The first kappa shape index (κ1) is 14.7. The Morgan fingerprint density at radius 2 is 1.78 bits per heavy atom. The van der Waals surface area contributed by atoms with Crippen molar-refractivity contribution in [1.82, 2.24) is 5.32 Å². The largest absolute Gasteiger partial charge is 0.469 e. The van der Waals surface area contributed by atoms with Crippen LogP contribution >= 0.6 is 0 Å². The summed E-state index contributed by atoms with van der Waals surface area (Å²) in [6, 6.07) is 8.24. The number of benzene rings is 1. The molecule has 0 radical (unpaired) electrons. The minimum Gasteiger partial charge on any atom is -0.469 e. The predicted molar refractivity (Wildman–Crippen MR) is 73.3 cm³/mol. The van der Waals surface area contributed by atoms with Crippen LogP contribution in [0.15, 0.2) is 24.3 Å². The Morgan fingerprint density at radius 1 is 1.22 bits per heavy atom. The van der Waals surface area contributed by atoms with Crippen LogP contribution in [0.4, 0.5) is 0 Å². The monoisotopic (exact) mass is 249 g/mol. The molecule has 0 aliphatic carbocycles. The summed E-state index contributed by atoms with van der Waals surface area (Å²) in [5, 5.41) is 3.23. The Labute approximate surface area is 110 Å². The fourth-order valence-electron chi connectivity index (χ4n) is 2.26. The van der Waals surface area contributed by atoms with Gasteiger partial charge in [0.15, 0.2) is 0 Å². The Hall–Kier alpha value is -1.35. The average Bonchev–Trinajstić information content (AvgIpc) is 2.35. The molecule has 2 atom stereocenters. The first-order chi connectivity index (χ1) is 8.51. The average molecular weight is 249 g/mol. The van der Waals surface area contributed by atoms with Crippen molar-refractivity contribution < 1.29 is 9.53 Å².